The molecule has 3 nitrogen and oxygen atoms in total. The Labute approximate surface area is 129 Å². The molecule has 1 aromatic carbocycles. The number of nitrogens with one attached hydrogen (secondary N) is 1. The molecule has 2 unspecified atom stereocenters. The third-order valence-electron chi connectivity index (χ3n) is 4.15. The minimum Gasteiger partial charge on any atom is -0.490 e. The quantitative estimate of drug-likeness (QED) is 0.811. The zero-order valence-corrected chi connectivity index (χ0v) is 13.7. The summed E-state index contributed by atoms with van der Waals surface area (Å²) in [5.41, 5.74) is 1.31. The molecular formula is C18H29NO2. The van der Waals surface area contributed by atoms with Crippen LogP contribution in [0.5, 0.6) is 11.5 Å². The van der Waals surface area contributed by atoms with Gasteiger partial charge >= 0.3 is 0 Å². The lowest BCUT2D eigenvalue weighted by Gasteiger charge is -2.23. The van der Waals surface area contributed by atoms with Crippen molar-refractivity contribution < 1.29 is 9.47 Å². The Morgan fingerprint density at radius 1 is 1.14 bits per heavy atom. The van der Waals surface area contributed by atoms with Crippen LogP contribution in [-0.2, 0) is 0 Å². The second-order valence-electron chi connectivity index (χ2n) is 6.01. The molecule has 1 aromatic rings. The highest BCUT2D eigenvalue weighted by Gasteiger charge is 2.17. The lowest BCUT2D eigenvalue weighted by molar-refractivity contribution is 0.296. The largest absolute Gasteiger partial charge is 0.490 e. The smallest absolute Gasteiger partial charge is 0.161 e. The van der Waals surface area contributed by atoms with Crippen LogP contribution in [0.2, 0.25) is 0 Å². The molecule has 21 heavy (non-hydrogen) atoms. The molecule has 0 fully saturated rings. The summed E-state index contributed by atoms with van der Waals surface area (Å²) in [5.74, 6) is 2.50. The summed E-state index contributed by atoms with van der Waals surface area (Å²) in [7, 11) is 0. The Kier molecular flexibility index (Phi) is 6.37. The number of rotatable bonds is 7. The number of fused-ring (bicyclic) bond motifs is 1. The maximum Gasteiger partial charge on any atom is 0.161 e. The predicted octanol–water partition coefficient (Wildman–Crippen LogP) is 4.32. The summed E-state index contributed by atoms with van der Waals surface area (Å²) < 4.78 is 11.5. The Morgan fingerprint density at radius 2 is 1.90 bits per heavy atom. The van der Waals surface area contributed by atoms with E-state index in [1.807, 2.05) is 0 Å². The monoisotopic (exact) mass is 291 g/mol. The second kappa shape index (κ2) is 8.28. The Balaban J connectivity index is 2.16. The Morgan fingerprint density at radius 3 is 2.62 bits per heavy atom. The summed E-state index contributed by atoms with van der Waals surface area (Å²) in [6.07, 6.45) is 4.49. The second-order valence-corrected chi connectivity index (χ2v) is 6.01. The molecule has 0 aliphatic carbocycles. The summed E-state index contributed by atoms with van der Waals surface area (Å²) in [6.45, 7) is 9.33. The Bertz CT molecular complexity index is 433. The molecule has 0 saturated heterocycles. The van der Waals surface area contributed by atoms with E-state index in [0.717, 1.165) is 56.4 Å². The summed E-state index contributed by atoms with van der Waals surface area (Å²) in [4.78, 5) is 0. The van der Waals surface area contributed by atoms with E-state index in [1.54, 1.807) is 0 Å². The predicted molar refractivity (Wildman–Crippen MR) is 87.2 cm³/mol. The molecule has 0 amide bonds. The van der Waals surface area contributed by atoms with Crippen molar-refractivity contribution in [1.82, 2.24) is 5.32 Å². The van der Waals surface area contributed by atoms with Gasteiger partial charge in [-0.05, 0) is 43.0 Å². The van der Waals surface area contributed by atoms with Crippen molar-refractivity contribution in [2.24, 2.45) is 5.92 Å². The molecule has 0 spiro atoms. The van der Waals surface area contributed by atoms with Crippen molar-refractivity contribution in [3.05, 3.63) is 23.8 Å². The fourth-order valence-electron chi connectivity index (χ4n) is 2.62. The fourth-order valence-corrected chi connectivity index (χ4v) is 2.62. The van der Waals surface area contributed by atoms with Crippen LogP contribution in [0, 0.1) is 5.92 Å². The van der Waals surface area contributed by atoms with Crippen molar-refractivity contribution in [3.8, 4) is 11.5 Å². The lowest BCUT2D eigenvalue weighted by atomic mass is 9.94. The van der Waals surface area contributed by atoms with Crippen LogP contribution in [0.3, 0.4) is 0 Å². The van der Waals surface area contributed by atoms with Crippen molar-refractivity contribution in [2.45, 2.75) is 52.5 Å². The van der Waals surface area contributed by atoms with Crippen LogP contribution in [0.1, 0.15) is 58.1 Å². The van der Waals surface area contributed by atoms with Gasteiger partial charge in [0.05, 0.1) is 13.2 Å². The molecule has 0 radical (unpaired) electrons. The molecule has 1 aliphatic rings. The van der Waals surface area contributed by atoms with Crippen molar-refractivity contribution >= 4 is 0 Å². The van der Waals surface area contributed by atoms with Crippen molar-refractivity contribution in [3.63, 3.8) is 0 Å². The number of hydrogen-bond donors (Lipinski definition) is 1. The lowest BCUT2D eigenvalue weighted by Crippen LogP contribution is -2.24. The zero-order valence-electron chi connectivity index (χ0n) is 13.7. The number of hydrogen-bond acceptors (Lipinski definition) is 3. The van der Waals surface area contributed by atoms with Gasteiger partial charge in [0.2, 0.25) is 0 Å². The summed E-state index contributed by atoms with van der Waals surface area (Å²) >= 11 is 0. The van der Waals surface area contributed by atoms with Crippen LogP contribution in [0.15, 0.2) is 18.2 Å². The average Bonchev–Trinajstić information content (AvgIpc) is 2.75. The molecule has 1 aliphatic heterocycles. The zero-order chi connectivity index (χ0) is 15.1. The standard InChI is InChI=1S/C18H29NO2/c1-4-9-19-16(12-14(3)5-2)15-7-8-17-18(13-15)21-11-6-10-20-17/h7-8,13-14,16,19H,4-6,9-12H2,1-3H3. The molecule has 2 rings (SSSR count). The van der Waals surface area contributed by atoms with Gasteiger partial charge in [0.1, 0.15) is 0 Å². The van der Waals surface area contributed by atoms with E-state index in [0.29, 0.717) is 6.04 Å². The highest BCUT2D eigenvalue weighted by atomic mass is 16.5. The first-order valence-corrected chi connectivity index (χ1v) is 8.37. The highest BCUT2D eigenvalue weighted by Crippen LogP contribution is 2.34. The Hall–Kier alpha value is -1.22. The van der Waals surface area contributed by atoms with Gasteiger partial charge in [0.25, 0.3) is 0 Å². The van der Waals surface area contributed by atoms with Gasteiger partial charge in [-0.15, -0.1) is 0 Å². The minimum absolute atomic E-state index is 0.400. The van der Waals surface area contributed by atoms with Crippen LogP contribution in [0.4, 0.5) is 0 Å². The maximum atomic E-state index is 5.82. The first-order chi connectivity index (χ1) is 10.2. The van der Waals surface area contributed by atoms with Crippen LogP contribution in [-0.4, -0.2) is 19.8 Å². The minimum atomic E-state index is 0.400. The normalized spacial score (nSPS) is 17.1. The highest BCUT2D eigenvalue weighted by molar-refractivity contribution is 5.44. The average molecular weight is 291 g/mol. The molecule has 1 heterocycles. The SMILES string of the molecule is CCCNC(CC(C)CC)c1ccc2c(c1)OCCCO2. The van der Waals surface area contributed by atoms with Gasteiger partial charge in [-0.2, -0.15) is 0 Å². The van der Waals surface area contributed by atoms with Gasteiger partial charge < -0.3 is 14.8 Å². The molecule has 3 heteroatoms. The van der Waals surface area contributed by atoms with E-state index in [2.05, 4.69) is 44.3 Å². The number of ether oxygens (including phenoxy) is 2. The molecule has 118 valence electrons. The van der Waals surface area contributed by atoms with Crippen LogP contribution >= 0.6 is 0 Å². The van der Waals surface area contributed by atoms with Gasteiger partial charge in [-0.3, -0.25) is 0 Å². The first-order valence-electron chi connectivity index (χ1n) is 8.37. The van der Waals surface area contributed by atoms with Crippen LogP contribution < -0.4 is 14.8 Å². The maximum absolute atomic E-state index is 5.82. The fraction of sp³-hybridized carbons (Fsp3) is 0.667. The number of benzene rings is 1. The van der Waals surface area contributed by atoms with Gasteiger partial charge in [-0.25, -0.2) is 0 Å². The van der Waals surface area contributed by atoms with Gasteiger partial charge in [0, 0.05) is 12.5 Å². The van der Waals surface area contributed by atoms with Crippen molar-refractivity contribution in [1.29, 1.82) is 0 Å². The molecule has 0 bridgehead atoms. The third-order valence-corrected chi connectivity index (χ3v) is 4.15. The summed E-state index contributed by atoms with van der Waals surface area (Å²) in [6, 6.07) is 6.81. The van der Waals surface area contributed by atoms with E-state index in [9.17, 15) is 0 Å². The molecule has 2 atom stereocenters. The van der Waals surface area contributed by atoms with Gasteiger partial charge in [-0.1, -0.05) is 33.3 Å². The molecule has 0 saturated carbocycles. The van der Waals surface area contributed by atoms with E-state index in [1.165, 1.54) is 12.0 Å². The summed E-state index contributed by atoms with van der Waals surface area (Å²) in [5, 5.41) is 3.68. The van der Waals surface area contributed by atoms with Crippen LogP contribution in [0.25, 0.3) is 0 Å². The van der Waals surface area contributed by atoms with Crippen molar-refractivity contribution in [2.75, 3.05) is 19.8 Å². The molecule has 0 aromatic heterocycles. The molecule has 1 N–H and O–H groups in total. The van der Waals surface area contributed by atoms with Gasteiger partial charge in [0.15, 0.2) is 11.5 Å². The van der Waals surface area contributed by atoms with E-state index < -0.39 is 0 Å². The topological polar surface area (TPSA) is 30.5 Å². The first kappa shape index (κ1) is 16.2. The van der Waals surface area contributed by atoms with E-state index in [4.69, 9.17) is 9.47 Å². The molecular weight excluding hydrogens is 262 g/mol. The van der Waals surface area contributed by atoms with E-state index >= 15 is 0 Å². The van der Waals surface area contributed by atoms with E-state index in [-0.39, 0.29) is 0 Å². The third kappa shape index (κ3) is 4.63.